The number of ether oxygens (including phenoxy) is 1. The van der Waals surface area contributed by atoms with Gasteiger partial charge in [0.05, 0.1) is 23.7 Å². The van der Waals surface area contributed by atoms with Gasteiger partial charge in [-0.1, -0.05) is 34.1 Å². The van der Waals surface area contributed by atoms with Gasteiger partial charge in [0.25, 0.3) is 5.89 Å². The molecule has 1 atom stereocenters. The molecule has 3 aromatic heterocycles. The van der Waals surface area contributed by atoms with Crippen molar-refractivity contribution in [2.24, 2.45) is 0 Å². The predicted molar refractivity (Wildman–Crippen MR) is 100 cm³/mol. The molecular weight excluding hydrogens is 386 g/mol. The average molecular weight is 400 g/mol. The molecule has 1 aromatic carbocycles. The molecule has 0 saturated heterocycles. The van der Waals surface area contributed by atoms with Gasteiger partial charge in [-0.05, 0) is 36.8 Å². The van der Waals surface area contributed by atoms with Crippen molar-refractivity contribution in [1.29, 1.82) is 0 Å². The summed E-state index contributed by atoms with van der Waals surface area (Å²) in [4.78, 5) is 6.60. The van der Waals surface area contributed by atoms with Gasteiger partial charge in [0.15, 0.2) is 5.69 Å². The monoisotopic (exact) mass is 399 g/mol. The number of nitrogens with zero attached hydrogens (tertiary/aromatic N) is 5. The molecule has 9 heteroatoms. The van der Waals surface area contributed by atoms with E-state index >= 15 is 0 Å². The highest BCUT2D eigenvalue weighted by molar-refractivity contribution is 7.15. The summed E-state index contributed by atoms with van der Waals surface area (Å²) < 4.78 is 13.3. The number of rotatable bonds is 3. The molecule has 0 bridgehead atoms. The maximum absolute atomic E-state index is 6.02. The van der Waals surface area contributed by atoms with Crippen LogP contribution in [0.15, 0.2) is 40.9 Å². The number of hydrogen-bond donors (Lipinski definition) is 0. The molecule has 7 nitrogen and oxygen atoms in total. The first-order valence-electron chi connectivity index (χ1n) is 8.38. The van der Waals surface area contributed by atoms with Crippen molar-refractivity contribution >= 4 is 22.9 Å². The van der Waals surface area contributed by atoms with E-state index in [-0.39, 0.29) is 6.10 Å². The molecule has 0 N–H and O–H groups in total. The zero-order valence-corrected chi connectivity index (χ0v) is 15.9. The van der Waals surface area contributed by atoms with Gasteiger partial charge in [-0.2, -0.15) is 4.98 Å². The summed E-state index contributed by atoms with van der Waals surface area (Å²) in [6, 6.07) is 11.6. The number of halogens is 1. The van der Waals surface area contributed by atoms with Crippen molar-refractivity contribution in [3.05, 3.63) is 57.6 Å². The van der Waals surface area contributed by atoms with Gasteiger partial charge >= 0.3 is 0 Å². The Hall–Kier alpha value is -2.55. The first-order valence-corrected chi connectivity index (χ1v) is 9.57. The van der Waals surface area contributed by atoms with E-state index in [0.29, 0.717) is 35.6 Å². The number of benzene rings is 1. The molecule has 0 aliphatic carbocycles. The standard InChI is InChI=1S/C18H14ClN5O2S/c1-10-2-7-15(27-10)18-20-17(22-26-18)16-13-9-25-14(8-24(13)23-21-16)11-3-5-12(19)6-4-11/h2-7,14H,8-9H2,1H3/t14-/m0/s1. The summed E-state index contributed by atoms with van der Waals surface area (Å²) in [5.41, 5.74) is 2.49. The highest BCUT2D eigenvalue weighted by atomic mass is 35.5. The summed E-state index contributed by atoms with van der Waals surface area (Å²) in [5, 5.41) is 13.3. The van der Waals surface area contributed by atoms with Crippen LogP contribution in [0.5, 0.6) is 0 Å². The quantitative estimate of drug-likeness (QED) is 0.511. The van der Waals surface area contributed by atoms with E-state index < -0.39 is 0 Å². The normalized spacial score (nSPS) is 16.4. The van der Waals surface area contributed by atoms with Crippen LogP contribution in [0.3, 0.4) is 0 Å². The number of hydrogen-bond acceptors (Lipinski definition) is 7. The van der Waals surface area contributed by atoms with Gasteiger partial charge < -0.3 is 9.26 Å². The molecular formula is C18H14ClN5O2S. The topological polar surface area (TPSA) is 78.9 Å². The summed E-state index contributed by atoms with van der Waals surface area (Å²) in [6.45, 7) is 2.98. The van der Waals surface area contributed by atoms with E-state index in [2.05, 4.69) is 20.5 Å². The van der Waals surface area contributed by atoms with Crippen LogP contribution in [0.25, 0.3) is 22.3 Å². The van der Waals surface area contributed by atoms with Crippen LogP contribution in [-0.4, -0.2) is 25.1 Å². The zero-order valence-electron chi connectivity index (χ0n) is 14.3. The fourth-order valence-corrected chi connectivity index (χ4v) is 3.95. The molecule has 1 aliphatic heterocycles. The minimum atomic E-state index is -0.0979. The van der Waals surface area contributed by atoms with Gasteiger partial charge in [-0.25, -0.2) is 4.68 Å². The van der Waals surface area contributed by atoms with Crippen molar-refractivity contribution in [3.63, 3.8) is 0 Å². The van der Waals surface area contributed by atoms with Crippen molar-refractivity contribution in [3.8, 4) is 22.3 Å². The van der Waals surface area contributed by atoms with Crippen LogP contribution >= 0.6 is 22.9 Å². The summed E-state index contributed by atoms with van der Waals surface area (Å²) >= 11 is 7.57. The molecule has 27 heavy (non-hydrogen) atoms. The Bertz CT molecular complexity index is 1100. The van der Waals surface area contributed by atoms with Crippen LogP contribution < -0.4 is 0 Å². The molecule has 0 spiro atoms. The SMILES string of the molecule is Cc1ccc(-c2nc(-c3nnn4c3CO[C@H](c3ccc(Cl)cc3)C4)no2)s1. The fourth-order valence-electron chi connectivity index (χ4n) is 3.03. The molecule has 0 unspecified atom stereocenters. The zero-order chi connectivity index (χ0) is 18.4. The maximum atomic E-state index is 6.02. The fraction of sp³-hybridized carbons (Fsp3) is 0.222. The second-order valence-corrected chi connectivity index (χ2v) is 7.98. The van der Waals surface area contributed by atoms with E-state index in [1.807, 2.05) is 48.0 Å². The van der Waals surface area contributed by atoms with Gasteiger partial charge in [0, 0.05) is 9.90 Å². The van der Waals surface area contributed by atoms with E-state index in [1.165, 1.54) is 4.88 Å². The third kappa shape index (κ3) is 3.05. The van der Waals surface area contributed by atoms with E-state index in [9.17, 15) is 0 Å². The lowest BCUT2D eigenvalue weighted by molar-refractivity contribution is -0.00111. The Morgan fingerprint density at radius 3 is 2.81 bits per heavy atom. The van der Waals surface area contributed by atoms with Crippen LogP contribution in [-0.2, 0) is 17.9 Å². The second-order valence-electron chi connectivity index (χ2n) is 6.25. The lowest BCUT2D eigenvalue weighted by Crippen LogP contribution is -2.22. The molecule has 4 aromatic rings. The lowest BCUT2D eigenvalue weighted by atomic mass is 10.1. The summed E-state index contributed by atoms with van der Waals surface area (Å²) in [5.74, 6) is 0.909. The first kappa shape index (κ1) is 16.6. The molecule has 0 radical (unpaired) electrons. The summed E-state index contributed by atoms with van der Waals surface area (Å²) in [7, 11) is 0. The Morgan fingerprint density at radius 1 is 1.19 bits per heavy atom. The van der Waals surface area contributed by atoms with Crippen molar-refractivity contribution < 1.29 is 9.26 Å². The Balaban J connectivity index is 1.41. The third-order valence-corrected chi connectivity index (χ3v) is 5.67. The number of fused-ring (bicyclic) bond motifs is 1. The molecule has 1 aliphatic rings. The van der Waals surface area contributed by atoms with Crippen molar-refractivity contribution in [2.45, 2.75) is 26.2 Å². The maximum Gasteiger partial charge on any atom is 0.268 e. The number of aryl methyl sites for hydroxylation is 1. The van der Waals surface area contributed by atoms with E-state index in [4.69, 9.17) is 20.9 Å². The number of aromatic nitrogens is 5. The lowest BCUT2D eigenvalue weighted by Gasteiger charge is -2.24. The van der Waals surface area contributed by atoms with Gasteiger partial charge in [-0.15, -0.1) is 16.4 Å². The van der Waals surface area contributed by atoms with Crippen LogP contribution in [0.4, 0.5) is 0 Å². The minimum Gasteiger partial charge on any atom is -0.365 e. The molecule has 0 amide bonds. The van der Waals surface area contributed by atoms with Crippen molar-refractivity contribution in [2.75, 3.05) is 0 Å². The molecule has 5 rings (SSSR count). The van der Waals surface area contributed by atoms with Crippen LogP contribution in [0.2, 0.25) is 5.02 Å². The van der Waals surface area contributed by atoms with E-state index in [0.717, 1.165) is 16.1 Å². The van der Waals surface area contributed by atoms with Gasteiger partial charge in [0.1, 0.15) is 6.10 Å². The first-order chi connectivity index (χ1) is 13.2. The highest BCUT2D eigenvalue weighted by Crippen LogP contribution is 2.32. The number of thiophene rings is 1. The molecule has 0 saturated carbocycles. The molecule has 0 fully saturated rings. The molecule has 4 heterocycles. The Labute approximate surface area is 163 Å². The largest absolute Gasteiger partial charge is 0.365 e. The second kappa shape index (κ2) is 6.56. The Kier molecular flexibility index (Phi) is 4.04. The highest BCUT2D eigenvalue weighted by Gasteiger charge is 2.27. The average Bonchev–Trinajstić information content (AvgIpc) is 3.40. The van der Waals surface area contributed by atoms with Crippen LogP contribution in [0.1, 0.15) is 22.2 Å². The van der Waals surface area contributed by atoms with E-state index in [1.54, 1.807) is 11.3 Å². The minimum absolute atomic E-state index is 0.0979. The molecule has 136 valence electrons. The smallest absolute Gasteiger partial charge is 0.268 e. The third-order valence-electron chi connectivity index (χ3n) is 4.43. The van der Waals surface area contributed by atoms with Crippen LogP contribution in [0, 0.1) is 6.92 Å². The van der Waals surface area contributed by atoms with Gasteiger partial charge in [0.2, 0.25) is 5.82 Å². The summed E-state index contributed by atoms with van der Waals surface area (Å²) in [6.07, 6.45) is -0.0979. The predicted octanol–water partition coefficient (Wildman–Crippen LogP) is 4.29. The Morgan fingerprint density at radius 2 is 2.04 bits per heavy atom. The van der Waals surface area contributed by atoms with Gasteiger partial charge in [-0.3, -0.25) is 0 Å². The van der Waals surface area contributed by atoms with Crippen molar-refractivity contribution in [1.82, 2.24) is 25.1 Å².